The molecule has 38 valence electrons. The third-order valence-corrected chi connectivity index (χ3v) is 0.873. The smallest absolute Gasteiger partial charge is 0.204 e. The highest BCUT2D eigenvalue weighted by molar-refractivity contribution is 9.10. The van der Waals surface area contributed by atoms with Crippen LogP contribution in [0.1, 0.15) is 0 Å². The molecule has 0 aliphatic heterocycles. The molecule has 1 rings (SSSR count). The zero-order valence-corrected chi connectivity index (χ0v) is 4.97. The molecule has 0 atom stereocenters. The number of halogens is 1. The van der Waals surface area contributed by atoms with Gasteiger partial charge < -0.3 is 10.3 Å². The SMILES string of the molecule is Nc1cc(Br)on1. The van der Waals surface area contributed by atoms with Crippen molar-refractivity contribution >= 4 is 21.7 Å². The molecular formula is C3H3BrN2O. The molecule has 2 N–H and O–H groups in total. The topological polar surface area (TPSA) is 52.0 Å². The highest BCUT2D eigenvalue weighted by Gasteiger charge is 1.91. The van der Waals surface area contributed by atoms with Gasteiger partial charge in [-0.05, 0) is 15.9 Å². The lowest BCUT2D eigenvalue weighted by Gasteiger charge is -1.64. The lowest BCUT2D eigenvalue weighted by Crippen LogP contribution is -1.79. The molecule has 3 nitrogen and oxygen atoms in total. The molecule has 0 bridgehead atoms. The van der Waals surface area contributed by atoms with Gasteiger partial charge in [-0.2, -0.15) is 0 Å². The van der Waals surface area contributed by atoms with E-state index in [1.54, 1.807) is 6.07 Å². The zero-order valence-electron chi connectivity index (χ0n) is 3.39. The van der Waals surface area contributed by atoms with Crippen molar-refractivity contribution in [3.05, 3.63) is 10.7 Å². The van der Waals surface area contributed by atoms with Crippen LogP contribution in [0.15, 0.2) is 15.3 Å². The van der Waals surface area contributed by atoms with Crippen molar-refractivity contribution in [3.8, 4) is 0 Å². The Balaban J connectivity index is 3.04. The first-order valence-electron chi connectivity index (χ1n) is 1.67. The summed E-state index contributed by atoms with van der Waals surface area (Å²) in [5.74, 6) is 0.395. The van der Waals surface area contributed by atoms with Gasteiger partial charge in [-0.1, -0.05) is 5.16 Å². The van der Waals surface area contributed by atoms with Crippen molar-refractivity contribution in [2.24, 2.45) is 0 Å². The molecule has 0 aromatic carbocycles. The predicted octanol–water partition coefficient (Wildman–Crippen LogP) is 1.02. The number of nitrogen functional groups attached to an aromatic ring is 1. The molecular weight excluding hydrogens is 160 g/mol. The maximum Gasteiger partial charge on any atom is 0.204 e. The highest BCUT2D eigenvalue weighted by Crippen LogP contribution is 2.10. The van der Waals surface area contributed by atoms with E-state index in [2.05, 4.69) is 25.6 Å². The summed E-state index contributed by atoms with van der Waals surface area (Å²) < 4.78 is 5.07. The third-order valence-electron chi connectivity index (χ3n) is 0.500. The van der Waals surface area contributed by atoms with Crippen LogP contribution < -0.4 is 5.73 Å². The Morgan fingerprint density at radius 1 is 1.86 bits per heavy atom. The summed E-state index contributed by atoms with van der Waals surface area (Å²) in [6.45, 7) is 0. The van der Waals surface area contributed by atoms with Crippen molar-refractivity contribution in [3.63, 3.8) is 0 Å². The van der Waals surface area contributed by atoms with E-state index in [9.17, 15) is 0 Å². The summed E-state index contributed by atoms with van der Waals surface area (Å²) in [5.41, 5.74) is 5.14. The van der Waals surface area contributed by atoms with Crippen LogP contribution in [0.25, 0.3) is 0 Å². The summed E-state index contributed by atoms with van der Waals surface area (Å²) in [6, 6.07) is 1.58. The molecule has 0 amide bonds. The zero-order chi connectivity index (χ0) is 5.28. The van der Waals surface area contributed by atoms with Crippen LogP contribution in [-0.4, -0.2) is 5.16 Å². The van der Waals surface area contributed by atoms with Crippen molar-refractivity contribution in [2.45, 2.75) is 0 Å². The first-order chi connectivity index (χ1) is 3.29. The monoisotopic (exact) mass is 162 g/mol. The molecule has 0 radical (unpaired) electrons. The van der Waals surface area contributed by atoms with Crippen molar-refractivity contribution in [2.75, 3.05) is 5.73 Å². The Bertz CT molecular complexity index is 145. The minimum Gasteiger partial charge on any atom is -0.381 e. The second-order valence-electron chi connectivity index (χ2n) is 1.06. The number of nitrogens with zero attached hydrogens (tertiary/aromatic N) is 1. The Hall–Kier alpha value is -0.510. The second kappa shape index (κ2) is 1.54. The molecule has 1 aromatic rings. The Labute approximate surface area is 48.6 Å². The molecule has 0 saturated carbocycles. The average Bonchev–Trinajstić information content (AvgIpc) is 1.87. The van der Waals surface area contributed by atoms with E-state index in [0.29, 0.717) is 10.5 Å². The van der Waals surface area contributed by atoms with E-state index in [4.69, 9.17) is 5.73 Å². The van der Waals surface area contributed by atoms with Crippen LogP contribution >= 0.6 is 15.9 Å². The number of nitrogens with two attached hydrogens (primary N) is 1. The molecule has 0 spiro atoms. The largest absolute Gasteiger partial charge is 0.381 e. The number of anilines is 1. The fourth-order valence-corrected chi connectivity index (χ4v) is 0.572. The van der Waals surface area contributed by atoms with Crippen LogP contribution in [0, 0.1) is 0 Å². The van der Waals surface area contributed by atoms with E-state index >= 15 is 0 Å². The first kappa shape index (κ1) is 4.64. The molecule has 0 aliphatic rings. The minimum atomic E-state index is 0.395. The molecule has 0 fully saturated rings. The van der Waals surface area contributed by atoms with E-state index in [0.717, 1.165) is 0 Å². The van der Waals surface area contributed by atoms with Crippen LogP contribution in [-0.2, 0) is 0 Å². The predicted molar refractivity (Wildman–Crippen MR) is 28.6 cm³/mol. The Kier molecular flexibility index (Phi) is 1.02. The summed E-state index contributed by atoms with van der Waals surface area (Å²) in [5, 5.41) is 3.37. The normalized spacial score (nSPS) is 9.29. The quantitative estimate of drug-likeness (QED) is 0.620. The number of rotatable bonds is 0. The Morgan fingerprint density at radius 2 is 2.57 bits per heavy atom. The van der Waals surface area contributed by atoms with Gasteiger partial charge in [0.1, 0.15) is 0 Å². The maximum atomic E-state index is 5.14. The van der Waals surface area contributed by atoms with Gasteiger partial charge in [-0.25, -0.2) is 0 Å². The van der Waals surface area contributed by atoms with Crippen molar-refractivity contribution in [1.82, 2.24) is 5.16 Å². The van der Waals surface area contributed by atoms with Gasteiger partial charge in [0.15, 0.2) is 5.82 Å². The summed E-state index contributed by atoms with van der Waals surface area (Å²) >= 11 is 3.02. The fourth-order valence-electron chi connectivity index (χ4n) is 0.265. The van der Waals surface area contributed by atoms with E-state index in [1.807, 2.05) is 0 Å². The van der Waals surface area contributed by atoms with Crippen LogP contribution in [0.4, 0.5) is 5.82 Å². The minimum absolute atomic E-state index is 0.395. The van der Waals surface area contributed by atoms with Gasteiger partial charge in [-0.3, -0.25) is 0 Å². The van der Waals surface area contributed by atoms with Crippen molar-refractivity contribution < 1.29 is 4.52 Å². The van der Waals surface area contributed by atoms with Gasteiger partial charge in [0, 0.05) is 6.07 Å². The molecule has 4 heteroatoms. The Morgan fingerprint density at radius 3 is 2.71 bits per heavy atom. The van der Waals surface area contributed by atoms with E-state index in [-0.39, 0.29) is 0 Å². The van der Waals surface area contributed by atoms with Gasteiger partial charge >= 0.3 is 0 Å². The molecule has 7 heavy (non-hydrogen) atoms. The third kappa shape index (κ3) is 0.928. The maximum absolute atomic E-state index is 5.14. The molecule has 1 heterocycles. The standard InChI is InChI=1S/C3H3BrN2O/c4-2-1-3(5)6-7-2/h1H,(H2,5,6). The average molecular weight is 163 g/mol. The van der Waals surface area contributed by atoms with E-state index < -0.39 is 0 Å². The number of hydrogen-bond acceptors (Lipinski definition) is 3. The lowest BCUT2D eigenvalue weighted by atomic mass is 10.7. The van der Waals surface area contributed by atoms with Crippen LogP contribution in [0.3, 0.4) is 0 Å². The molecule has 0 aliphatic carbocycles. The van der Waals surface area contributed by atoms with Crippen molar-refractivity contribution in [1.29, 1.82) is 0 Å². The van der Waals surface area contributed by atoms with Crippen LogP contribution in [0.2, 0.25) is 0 Å². The van der Waals surface area contributed by atoms with Gasteiger partial charge in [0.2, 0.25) is 4.67 Å². The van der Waals surface area contributed by atoms with E-state index in [1.165, 1.54) is 0 Å². The summed E-state index contributed by atoms with van der Waals surface area (Å²) in [6.07, 6.45) is 0. The van der Waals surface area contributed by atoms with Crippen LogP contribution in [0.5, 0.6) is 0 Å². The molecule has 0 saturated heterocycles. The fraction of sp³-hybridized carbons (Fsp3) is 0. The van der Waals surface area contributed by atoms with Gasteiger partial charge in [-0.15, -0.1) is 0 Å². The lowest BCUT2D eigenvalue weighted by molar-refractivity contribution is 0.403. The van der Waals surface area contributed by atoms with Gasteiger partial charge in [0.05, 0.1) is 0 Å². The first-order valence-corrected chi connectivity index (χ1v) is 2.46. The summed E-state index contributed by atoms with van der Waals surface area (Å²) in [4.78, 5) is 0. The van der Waals surface area contributed by atoms with Gasteiger partial charge in [0.25, 0.3) is 0 Å². The molecule has 1 aromatic heterocycles. The summed E-state index contributed by atoms with van der Waals surface area (Å²) in [7, 11) is 0. The number of aromatic nitrogens is 1. The highest BCUT2D eigenvalue weighted by atomic mass is 79.9. The molecule has 0 unspecified atom stereocenters. The second-order valence-corrected chi connectivity index (χ2v) is 1.84. The number of hydrogen-bond donors (Lipinski definition) is 1.